The first-order valence-electron chi connectivity index (χ1n) is 8.83. The van der Waals surface area contributed by atoms with Crippen LogP contribution < -0.4 is 10.1 Å². The first kappa shape index (κ1) is 18.3. The zero-order valence-corrected chi connectivity index (χ0v) is 15.2. The van der Waals surface area contributed by atoms with E-state index >= 15 is 0 Å². The second-order valence-corrected chi connectivity index (χ2v) is 6.55. The van der Waals surface area contributed by atoms with Gasteiger partial charge in [-0.05, 0) is 37.6 Å². The van der Waals surface area contributed by atoms with Gasteiger partial charge in [0.2, 0.25) is 5.91 Å². The van der Waals surface area contributed by atoms with E-state index in [0.717, 1.165) is 30.8 Å². The highest BCUT2D eigenvalue weighted by atomic mass is 19.1. The van der Waals surface area contributed by atoms with Crippen molar-refractivity contribution in [3.63, 3.8) is 0 Å². The lowest BCUT2D eigenvalue weighted by atomic mass is 10.1. The van der Waals surface area contributed by atoms with Crippen LogP contribution in [0.5, 0.6) is 5.75 Å². The Kier molecular flexibility index (Phi) is 5.83. The molecule has 1 aromatic heterocycles. The molecular weight excluding hydrogens is 333 g/mol. The number of pyridine rings is 1. The lowest BCUT2D eigenvalue weighted by molar-refractivity contribution is -0.119. The Labute approximate surface area is 153 Å². The van der Waals surface area contributed by atoms with Crippen molar-refractivity contribution in [2.45, 2.75) is 38.9 Å². The minimum Gasteiger partial charge on any atom is -0.497 e. The standard InChI is InChI=1S/C20H24FN3O2/c1-14(25)22-12-16-5-3-6-19(23-16)20-7-4-10-24(20)13-15-8-9-17(26-2)11-18(15)21/h3,5-6,8-9,11,20H,4,7,10,12-13H2,1-2H3,(H,22,25)/t20-/m1/s1. The van der Waals surface area contributed by atoms with Gasteiger partial charge in [0.15, 0.2) is 0 Å². The Morgan fingerprint density at radius 3 is 2.96 bits per heavy atom. The first-order chi connectivity index (χ1) is 12.6. The van der Waals surface area contributed by atoms with Gasteiger partial charge in [-0.25, -0.2) is 4.39 Å². The van der Waals surface area contributed by atoms with Gasteiger partial charge in [0.05, 0.1) is 31.1 Å². The fourth-order valence-corrected chi connectivity index (χ4v) is 3.35. The fourth-order valence-electron chi connectivity index (χ4n) is 3.35. The lowest BCUT2D eigenvalue weighted by Gasteiger charge is -2.24. The van der Waals surface area contributed by atoms with Crippen molar-refractivity contribution >= 4 is 5.91 Å². The van der Waals surface area contributed by atoms with Gasteiger partial charge in [-0.3, -0.25) is 14.7 Å². The molecule has 1 aliphatic rings. The third kappa shape index (κ3) is 4.38. The molecule has 0 unspecified atom stereocenters. The van der Waals surface area contributed by atoms with E-state index in [1.165, 1.54) is 20.1 Å². The van der Waals surface area contributed by atoms with Crippen molar-refractivity contribution in [2.24, 2.45) is 0 Å². The van der Waals surface area contributed by atoms with Gasteiger partial charge >= 0.3 is 0 Å². The summed E-state index contributed by atoms with van der Waals surface area (Å²) in [7, 11) is 1.53. The molecule has 0 bridgehead atoms. The molecule has 3 rings (SSSR count). The third-order valence-electron chi connectivity index (χ3n) is 4.69. The van der Waals surface area contributed by atoms with E-state index < -0.39 is 0 Å². The van der Waals surface area contributed by atoms with E-state index in [2.05, 4.69) is 10.2 Å². The van der Waals surface area contributed by atoms with Crippen molar-refractivity contribution in [2.75, 3.05) is 13.7 Å². The predicted molar refractivity (Wildman–Crippen MR) is 97.1 cm³/mol. The fraction of sp³-hybridized carbons (Fsp3) is 0.400. The van der Waals surface area contributed by atoms with E-state index in [0.29, 0.717) is 24.4 Å². The average molecular weight is 357 g/mol. The van der Waals surface area contributed by atoms with Crippen molar-refractivity contribution in [1.29, 1.82) is 0 Å². The van der Waals surface area contributed by atoms with E-state index in [9.17, 15) is 9.18 Å². The zero-order valence-electron chi connectivity index (χ0n) is 15.2. The Morgan fingerprint density at radius 1 is 1.38 bits per heavy atom. The highest BCUT2D eigenvalue weighted by molar-refractivity contribution is 5.72. The molecule has 0 spiro atoms. The molecule has 1 fully saturated rings. The number of likely N-dealkylation sites (tertiary alicyclic amines) is 1. The summed E-state index contributed by atoms with van der Waals surface area (Å²) in [6, 6.07) is 11.0. The molecule has 1 amide bonds. The van der Waals surface area contributed by atoms with Crippen LogP contribution in [0.4, 0.5) is 4.39 Å². The minimum absolute atomic E-state index is 0.0744. The number of carbonyl (C=O) groups excluding carboxylic acids is 1. The molecule has 0 saturated carbocycles. The van der Waals surface area contributed by atoms with Gasteiger partial charge in [0.1, 0.15) is 11.6 Å². The van der Waals surface area contributed by atoms with Crippen LogP contribution in [-0.2, 0) is 17.9 Å². The Balaban J connectivity index is 1.74. The number of benzene rings is 1. The molecule has 138 valence electrons. The molecule has 2 heterocycles. The molecule has 0 aliphatic carbocycles. The summed E-state index contributed by atoms with van der Waals surface area (Å²) in [5.74, 6) is 0.202. The van der Waals surface area contributed by atoms with Crippen LogP contribution in [0.2, 0.25) is 0 Å². The van der Waals surface area contributed by atoms with E-state index in [1.807, 2.05) is 18.2 Å². The molecule has 2 aromatic rings. The molecule has 1 saturated heterocycles. The number of amides is 1. The van der Waals surface area contributed by atoms with Crippen LogP contribution >= 0.6 is 0 Å². The van der Waals surface area contributed by atoms with Crippen LogP contribution in [0.15, 0.2) is 36.4 Å². The normalized spacial score (nSPS) is 17.3. The molecule has 0 radical (unpaired) electrons. The SMILES string of the molecule is COc1ccc(CN2CCC[C@@H]2c2cccc(CNC(C)=O)n2)c(F)c1. The monoisotopic (exact) mass is 357 g/mol. The second kappa shape index (κ2) is 8.27. The number of methoxy groups -OCH3 is 1. The third-order valence-corrected chi connectivity index (χ3v) is 4.69. The van der Waals surface area contributed by atoms with Crippen LogP contribution in [0.1, 0.15) is 42.8 Å². The molecular formula is C20H24FN3O2. The second-order valence-electron chi connectivity index (χ2n) is 6.55. The number of aromatic nitrogens is 1. The van der Waals surface area contributed by atoms with Crippen LogP contribution in [0, 0.1) is 5.82 Å². The van der Waals surface area contributed by atoms with Crippen molar-refractivity contribution in [1.82, 2.24) is 15.2 Å². The number of halogens is 1. The number of carbonyl (C=O) groups is 1. The zero-order chi connectivity index (χ0) is 18.5. The maximum atomic E-state index is 14.3. The number of ether oxygens (including phenoxy) is 1. The molecule has 5 nitrogen and oxygen atoms in total. The number of hydrogen-bond acceptors (Lipinski definition) is 4. The van der Waals surface area contributed by atoms with Gasteiger partial charge in [0, 0.05) is 25.1 Å². The van der Waals surface area contributed by atoms with E-state index in [4.69, 9.17) is 9.72 Å². The summed E-state index contributed by atoms with van der Waals surface area (Å²) in [5, 5.41) is 2.77. The Morgan fingerprint density at radius 2 is 2.23 bits per heavy atom. The highest BCUT2D eigenvalue weighted by Crippen LogP contribution is 2.33. The van der Waals surface area contributed by atoms with E-state index in [-0.39, 0.29) is 17.8 Å². The molecule has 1 N–H and O–H groups in total. The van der Waals surface area contributed by atoms with Gasteiger partial charge in [-0.15, -0.1) is 0 Å². The minimum atomic E-state index is -0.248. The van der Waals surface area contributed by atoms with Crippen LogP contribution in [0.3, 0.4) is 0 Å². The van der Waals surface area contributed by atoms with Gasteiger partial charge in [-0.1, -0.05) is 12.1 Å². The summed E-state index contributed by atoms with van der Waals surface area (Å²) in [6.07, 6.45) is 2.05. The summed E-state index contributed by atoms with van der Waals surface area (Å²) < 4.78 is 19.4. The van der Waals surface area contributed by atoms with Crippen LogP contribution in [-0.4, -0.2) is 29.4 Å². The number of hydrogen-bond donors (Lipinski definition) is 1. The first-order valence-corrected chi connectivity index (χ1v) is 8.83. The average Bonchev–Trinajstić information content (AvgIpc) is 3.10. The molecule has 1 atom stereocenters. The number of nitrogens with one attached hydrogen (secondary N) is 1. The smallest absolute Gasteiger partial charge is 0.217 e. The van der Waals surface area contributed by atoms with Gasteiger partial charge < -0.3 is 10.1 Å². The largest absolute Gasteiger partial charge is 0.497 e. The lowest BCUT2D eigenvalue weighted by Crippen LogP contribution is -2.25. The van der Waals surface area contributed by atoms with Crippen molar-refractivity contribution < 1.29 is 13.9 Å². The molecule has 1 aliphatic heterocycles. The summed E-state index contributed by atoms with van der Waals surface area (Å²) in [5.41, 5.74) is 2.46. The quantitative estimate of drug-likeness (QED) is 0.863. The van der Waals surface area contributed by atoms with Gasteiger partial charge in [0.25, 0.3) is 0 Å². The molecule has 26 heavy (non-hydrogen) atoms. The summed E-state index contributed by atoms with van der Waals surface area (Å²) in [4.78, 5) is 18.1. The number of rotatable bonds is 6. The highest BCUT2D eigenvalue weighted by Gasteiger charge is 2.27. The maximum absolute atomic E-state index is 14.3. The van der Waals surface area contributed by atoms with Crippen molar-refractivity contribution in [3.05, 3.63) is 59.2 Å². The summed E-state index contributed by atoms with van der Waals surface area (Å²) >= 11 is 0. The Bertz CT molecular complexity index is 781. The predicted octanol–water partition coefficient (Wildman–Crippen LogP) is 3.20. The van der Waals surface area contributed by atoms with Gasteiger partial charge in [-0.2, -0.15) is 0 Å². The topological polar surface area (TPSA) is 54.5 Å². The molecule has 6 heteroatoms. The van der Waals surface area contributed by atoms with Crippen molar-refractivity contribution in [3.8, 4) is 5.75 Å². The number of nitrogens with zero attached hydrogens (tertiary/aromatic N) is 2. The summed E-state index contributed by atoms with van der Waals surface area (Å²) in [6.45, 7) is 3.36. The maximum Gasteiger partial charge on any atom is 0.217 e. The van der Waals surface area contributed by atoms with E-state index in [1.54, 1.807) is 12.1 Å². The van der Waals surface area contributed by atoms with Crippen LogP contribution in [0.25, 0.3) is 0 Å². The molecule has 1 aromatic carbocycles. The Hall–Kier alpha value is -2.47.